The Labute approximate surface area is 146 Å². The minimum absolute atomic E-state index is 0.0823. The second-order valence-corrected chi connectivity index (χ2v) is 69.6. The highest BCUT2D eigenvalue weighted by Crippen LogP contribution is 3.24. The van der Waals surface area contributed by atoms with Gasteiger partial charge in [0.2, 0.25) is 0 Å². The molecule has 0 spiro atoms. The quantitative estimate of drug-likeness (QED) is 0.192. The monoisotopic (exact) mass is 640 g/mol. The second-order valence-electron chi connectivity index (χ2n) is 2.39. The van der Waals surface area contributed by atoms with Gasteiger partial charge in [0.1, 0.15) is 0 Å². The fourth-order valence-electron chi connectivity index (χ4n) is 0.689. The van der Waals surface area contributed by atoms with E-state index in [4.69, 9.17) is 0 Å². The molecule has 0 amide bonds. The van der Waals surface area contributed by atoms with Gasteiger partial charge in [0.05, 0.1) is 0 Å². The first-order valence-electron chi connectivity index (χ1n) is 3.69. The zero-order chi connectivity index (χ0) is 13.7. The molecule has 12 atom stereocenters. The first-order chi connectivity index (χ1) is 7.73. The summed E-state index contributed by atoms with van der Waals surface area (Å²) in [7, 11) is 25.8. The van der Waals surface area contributed by atoms with Crippen molar-refractivity contribution >= 4 is 148 Å². The minimum Gasteiger partial charge on any atom is -0.109 e. The van der Waals surface area contributed by atoms with Crippen LogP contribution in [0.5, 0.6) is 0 Å². The molecule has 0 aliphatic rings. The summed E-state index contributed by atoms with van der Waals surface area (Å²) < 4.78 is 0. The summed E-state index contributed by atoms with van der Waals surface area (Å²) in [5, 5.41) is 0. The van der Waals surface area contributed by atoms with Crippen LogP contribution in [-0.4, -0.2) is 0 Å². The molecule has 0 saturated carbocycles. The summed E-state index contributed by atoms with van der Waals surface area (Å²) in [5.41, 5.74) is 0. The standard InChI is InChI=1S/H17IP16/c1-11(16(12(3)4)13(5)6)17(14(7)8)15(9)10-2/h10H,2-9H2. The summed E-state index contributed by atoms with van der Waals surface area (Å²) in [4.78, 5) is 0.192. The molecule has 104 valence electrons. The van der Waals surface area contributed by atoms with E-state index in [9.17, 15) is 0 Å². The summed E-state index contributed by atoms with van der Waals surface area (Å²) in [6, 6.07) is 0. The first-order valence-corrected chi connectivity index (χ1v) is 35.1. The van der Waals surface area contributed by atoms with Crippen molar-refractivity contribution < 1.29 is 0 Å². The van der Waals surface area contributed by atoms with Crippen LogP contribution in [0.25, 0.3) is 0 Å². The van der Waals surface area contributed by atoms with Crippen molar-refractivity contribution in [2.75, 3.05) is 0 Å². The highest BCUT2D eigenvalue weighted by Gasteiger charge is 2.36. The molecule has 0 fully saturated rings. The summed E-state index contributed by atoms with van der Waals surface area (Å²) >= 11 is 2.84. The van der Waals surface area contributed by atoms with E-state index in [2.05, 4.69) is 93.5 Å². The van der Waals surface area contributed by atoms with E-state index in [1.54, 1.807) is 0 Å². The molecule has 0 aromatic heterocycles. The predicted molar refractivity (Wildman–Crippen MR) is 148 cm³/mol. The van der Waals surface area contributed by atoms with E-state index >= 15 is 0 Å². The number of rotatable bonds is 7. The van der Waals surface area contributed by atoms with Gasteiger partial charge in [-0.05, 0) is 50.0 Å². The van der Waals surface area contributed by atoms with Gasteiger partial charge in [0, 0.05) is 18.9 Å². The van der Waals surface area contributed by atoms with Crippen molar-refractivity contribution in [1.29, 1.82) is 0 Å². The van der Waals surface area contributed by atoms with Crippen molar-refractivity contribution in [2.45, 2.75) is 0 Å². The Morgan fingerprint density at radius 3 is 1.29 bits per heavy atom. The molecule has 0 radical (unpaired) electrons. The van der Waals surface area contributed by atoms with E-state index in [0.717, 1.165) is 7.96 Å². The summed E-state index contributed by atoms with van der Waals surface area (Å²) in [6.07, 6.45) is 0. The fraction of sp³-hybridized carbons (Fsp3) is 0. The van der Waals surface area contributed by atoms with E-state index in [0.29, 0.717) is 0 Å². The minimum atomic E-state index is 0.0823. The summed E-state index contributed by atoms with van der Waals surface area (Å²) in [6.45, 7) is 0.855. The Bertz CT molecular complexity index is 188. The predicted octanol–water partition coefficient (Wildman–Crippen LogP) is 10.1. The molecule has 0 aromatic carbocycles. The van der Waals surface area contributed by atoms with Crippen molar-refractivity contribution in [3.05, 3.63) is 0 Å². The van der Waals surface area contributed by atoms with Crippen LogP contribution in [0.2, 0.25) is 0 Å². The third-order valence-corrected chi connectivity index (χ3v) is 114. The van der Waals surface area contributed by atoms with Gasteiger partial charge in [-0.3, -0.25) is 0 Å². The van der Waals surface area contributed by atoms with Crippen LogP contribution < -0.4 is 0 Å². The zero-order valence-corrected chi connectivity index (χ0v) is 27.3. The van der Waals surface area contributed by atoms with Crippen LogP contribution in [0.15, 0.2) is 0 Å². The first kappa shape index (κ1) is 24.6. The van der Waals surface area contributed by atoms with Gasteiger partial charge in [-0.15, -0.1) is 71.4 Å². The Kier molecular flexibility index (Phi) is 19.9. The fourth-order valence-corrected chi connectivity index (χ4v) is 214. The van der Waals surface area contributed by atoms with E-state index < -0.39 is 0 Å². The topological polar surface area (TPSA) is 0 Å². The lowest BCUT2D eigenvalue weighted by Crippen LogP contribution is -1.50. The molecule has 0 aliphatic heterocycles. The normalized spacial score (nSPS) is 18.9. The van der Waals surface area contributed by atoms with Gasteiger partial charge in [0.25, 0.3) is 0 Å². The molecule has 0 aliphatic carbocycles. The van der Waals surface area contributed by atoms with Gasteiger partial charge in [-0.1, -0.05) is 7.96 Å². The SMILES string of the molecule is PPP(P)P(P(P)P)P(I)P(P(P)P)P(P)P. The van der Waals surface area contributed by atoms with E-state index in [-0.39, 0.29) is 46.9 Å². The molecule has 0 bridgehead atoms. The van der Waals surface area contributed by atoms with Gasteiger partial charge in [-0.2, -0.15) is 0 Å². The molecule has 12 unspecified atom stereocenters. The van der Waals surface area contributed by atoms with Crippen LogP contribution in [0, 0.1) is 0 Å². The van der Waals surface area contributed by atoms with Gasteiger partial charge < -0.3 is 0 Å². The molecule has 0 heterocycles. The molecule has 0 saturated heterocycles. The lowest BCUT2D eigenvalue weighted by molar-refractivity contribution is 4.61. The largest absolute Gasteiger partial charge is 0.109 e. The molecule has 0 nitrogen and oxygen atoms in total. The third kappa shape index (κ3) is 9.76. The highest BCUT2D eigenvalue weighted by molar-refractivity contribution is 14.2. The number of halogens is 1. The highest BCUT2D eigenvalue weighted by atomic mass is 127. The molecule has 0 aromatic rings. The molecule has 17 heteroatoms. The third-order valence-electron chi connectivity index (χ3n) is 1.24. The van der Waals surface area contributed by atoms with Crippen LogP contribution in [0.1, 0.15) is 0 Å². The van der Waals surface area contributed by atoms with Crippen molar-refractivity contribution in [3.8, 4) is 0 Å². The lowest BCUT2D eigenvalue weighted by atomic mass is 28.7. The van der Waals surface area contributed by atoms with Crippen molar-refractivity contribution in [1.82, 2.24) is 0 Å². The van der Waals surface area contributed by atoms with Crippen LogP contribution in [0.3, 0.4) is 0 Å². The Morgan fingerprint density at radius 1 is 0.706 bits per heavy atom. The van der Waals surface area contributed by atoms with Crippen molar-refractivity contribution in [2.24, 2.45) is 0 Å². The molecule has 17 heavy (non-hydrogen) atoms. The Morgan fingerprint density at radius 2 is 1.06 bits per heavy atom. The summed E-state index contributed by atoms with van der Waals surface area (Å²) in [5.74, 6) is 0. The number of hydrogen-bond acceptors (Lipinski definition) is 0. The maximum Gasteiger partial charge on any atom is 0.0292 e. The molecule has 0 rings (SSSR count). The second kappa shape index (κ2) is 13.8. The van der Waals surface area contributed by atoms with Crippen LogP contribution >= 0.6 is 148 Å². The number of hydrogen-bond donors (Lipinski definition) is 0. The molecular formula is H17IP16. The Hall–Kier alpha value is 7.61. The molecular weight excluding hydrogens is 622 g/mol. The van der Waals surface area contributed by atoms with Crippen LogP contribution in [-0.2, 0) is 0 Å². The lowest BCUT2D eigenvalue weighted by Gasteiger charge is -2.38. The zero-order valence-electron chi connectivity index (χ0n) is 8.63. The van der Waals surface area contributed by atoms with Gasteiger partial charge >= 0.3 is 0 Å². The van der Waals surface area contributed by atoms with Crippen LogP contribution in [0.4, 0.5) is 0 Å². The Balaban J connectivity index is 4.97. The van der Waals surface area contributed by atoms with E-state index in [1.165, 1.54) is 0 Å². The molecule has 0 N–H and O–H groups in total. The maximum absolute atomic E-state index is 3.18. The van der Waals surface area contributed by atoms with Crippen molar-refractivity contribution in [3.63, 3.8) is 0 Å². The average Bonchev–Trinajstić information content (AvgIpc) is 2.15. The average molecular weight is 640 g/mol. The maximum atomic E-state index is 3.18. The van der Waals surface area contributed by atoms with Gasteiger partial charge in [-0.25, -0.2) is 0 Å². The van der Waals surface area contributed by atoms with E-state index in [1.807, 2.05) is 0 Å². The smallest absolute Gasteiger partial charge is 0.0292 e. The van der Waals surface area contributed by atoms with Gasteiger partial charge in [0.15, 0.2) is 0 Å².